The van der Waals surface area contributed by atoms with Gasteiger partial charge in [0.15, 0.2) is 0 Å². The van der Waals surface area contributed by atoms with Gasteiger partial charge in [0, 0.05) is 26.2 Å². The maximum Gasteiger partial charge on any atom is 0.254 e. The van der Waals surface area contributed by atoms with Crippen molar-refractivity contribution >= 4 is 22.1 Å². The highest BCUT2D eigenvalue weighted by Crippen LogP contribution is 2.21. The molecule has 0 radical (unpaired) electrons. The van der Waals surface area contributed by atoms with E-state index in [0.717, 1.165) is 16.9 Å². The summed E-state index contributed by atoms with van der Waals surface area (Å²) < 4.78 is 32.9. The Morgan fingerprint density at radius 1 is 0.943 bits per heavy atom. The summed E-state index contributed by atoms with van der Waals surface area (Å²) in [6, 6.07) is 23.7. The lowest BCUT2D eigenvalue weighted by atomic mass is 10.2. The van der Waals surface area contributed by atoms with E-state index < -0.39 is 10.0 Å². The fraction of sp³-hybridized carbons (Fsp3) is 0.231. The fourth-order valence-corrected chi connectivity index (χ4v) is 5.11. The van der Waals surface area contributed by atoms with Gasteiger partial charge in [0.25, 0.3) is 5.91 Å². The molecule has 0 spiro atoms. The van der Waals surface area contributed by atoms with E-state index in [1.807, 2.05) is 66.4 Å². The Morgan fingerprint density at radius 2 is 1.63 bits per heavy atom. The summed E-state index contributed by atoms with van der Waals surface area (Å²) in [4.78, 5) is 14.5. The van der Waals surface area contributed by atoms with Gasteiger partial charge in [0.05, 0.1) is 17.7 Å². The summed E-state index contributed by atoms with van der Waals surface area (Å²) in [5.41, 5.74) is 4.33. The number of sulfonamides is 1. The van der Waals surface area contributed by atoms with E-state index in [4.69, 9.17) is 4.74 Å². The summed E-state index contributed by atoms with van der Waals surface area (Å²) in [6.07, 6.45) is 1.56. The lowest BCUT2D eigenvalue weighted by Gasteiger charge is -2.33. The quantitative estimate of drug-likeness (QED) is 0.385. The van der Waals surface area contributed by atoms with Crippen LogP contribution in [0.25, 0.3) is 0 Å². The zero-order valence-corrected chi connectivity index (χ0v) is 20.3. The average molecular weight is 493 g/mol. The van der Waals surface area contributed by atoms with Crippen molar-refractivity contribution < 1.29 is 17.9 Å². The van der Waals surface area contributed by atoms with Gasteiger partial charge in [0.2, 0.25) is 10.0 Å². The summed E-state index contributed by atoms with van der Waals surface area (Å²) >= 11 is 0. The molecule has 1 aliphatic heterocycles. The van der Waals surface area contributed by atoms with E-state index in [2.05, 4.69) is 10.5 Å². The third-order valence-corrected chi connectivity index (χ3v) is 7.51. The van der Waals surface area contributed by atoms with Crippen LogP contribution in [0.5, 0.6) is 11.5 Å². The number of nitrogens with zero attached hydrogens (tertiary/aromatic N) is 3. The molecule has 0 atom stereocenters. The van der Waals surface area contributed by atoms with Crippen molar-refractivity contribution in [3.05, 3.63) is 90.0 Å². The number of aryl methyl sites for hydroxylation is 1. The van der Waals surface area contributed by atoms with Crippen LogP contribution in [-0.2, 0) is 14.8 Å². The van der Waals surface area contributed by atoms with Gasteiger partial charge in [0.1, 0.15) is 11.5 Å². The Morgan fingerprint density at radius 3 is 2.34 bits per heavy atom. The van der Waals surface area contributed by atoms with E-state index >= 15 is 0 Å². The molecule has 182 valence electrons. The van der Waals surface area contributed by atoms with Crippen molar-refractivity contribution in [2.75, 3.05) is 32.7 Å². The van der Waals surface area contributed by atoms with Crippen molar-refractivity contribution in [2.24, 2.45) is 5.10 Å². The smallest absolute Gasteiger partial charge is 0.254 e. The second-order valence-electron chi connectivity index (χ2n) is 8.27. The molecule has 9 heteroatoms. The van der Waals surface area contributed by atoms with Crippen molar-refractivity contribution in [2.45, 2.75) is 11.8 Å². The lowest BCUT2D eigenvalue weighted by molar-refractivity contribution is -0.122. The number of ether oxygens (including phenoxy) is 1. The minimum absolute atomic E-state index is 0.146. The van der Waals surface area contributed by atoms with Gasteiger partial charge in [-0.25, -0.2) is 13.8 Å². The van der Waals surface area contributed by atoms with Gasteiger partial charge in [-0.3, -0.25) is 9.69 Å². The predicted octanol–water partition coefficient (Wildman–Crippen LogP) is 3.24. The number of rotatable bonds is 8. The molecule has 1 fully saturated rings. The number of carbonyl (C=O) groups is 1. The maximum atomic E-state index is 12.8. The van der Waals surface area contributed by atoms with E-state index in [-0.39, 0.29) is 12.5 Å². The normalized spacial score (nSPS) is 15.2. The van der Waals surface area contributed by atoms with Crippen molar-refractivity contribution in [1.29, 1.82) is 0 Å². The molecule has 8 nitrogen and oxygen atoms in total. The molecule has 1 saturated heterocycles. The Hall–Kier alpha value is -3.53. The Kier molecular flexibility index (Phi) is 7.91. The monoisotopic (exact) mass is 492 g/mol. The molecule has 0 bridgehead atoms. The molecule has 0 aliphatic carbocycles. The molecule has 3 aromatic rings. The molecule has 4 rings (SSSR count). The Labute approximate surface area is 205 Å². The first-order valence-electron chi connectivity index (χ1n) is 11.3. The second kappa shape index (κ2) is 11.3. The van der Waals surface area contributed by atoms with E-state index in [9.17, 15) is 13.2 Å². The molecule has 0 aromatic heterocycles. The summed E-state index contributed by atoms with van der Waals surface area (Å²) in [7, 11) is -3.53. The van der Waals surface area contributed by atoms with Crippen molar-refractivity contribution in [3.63, 3.8) is 0 Å². The molecule has 1 aliphatic rings. The number of hydrogen-bond donors (Lipinski definition) is 1. The summed E-state index contributed by atoms with van der Waals surface area (Å²) in [6.45, 7) is 3.68. The first-order chi connectivity index (χ1) is 16.9. The SMILES string of the molecule is Cc1ccc(S(=O)(=O)N2CCN(CC(=O)N/N=C\c3cccc(Oc4ccccc4)c3)CC2)cc1. The average Bonchev–Trinajstić information content (AvgIpc) is 2.85. The largest absolute Gasteiger partial charge is 0.457 e. The number of benzene rings is 3. The van der Waals surface area contributed by atoms with Crippen LogP contribution in [0.15, 0.2) is 88.9 Å². The Bertz CT molecular complexity index is 1270. The van der Waals surface area contributed by atoms with Gasteiger partial charge in [-0.05, 0) is 48.9 Å². The van der Waals surface area contributed by atoms with E-state index in [1.54, 1.807) is 30.5 Å². The molecule has 3 aromatic carbocycles. The molecular formula is C26H28N4O4S. The third-order valence-electron chi connectivity index (χ3n) is 5.60. The molecule has 1 heterocycles. The minimum atomic E-state index is -3.53. The minimum Gasteiger partial charge on any atom is -0.457 e. The van der Waals surface area contributed by atoms with Crippen LogP contribution in [0.3, 0.4) is 0 Å². The highest BCUT2D eigenvalue weighted by molar-refractivity contribution is 7.89. The molecule has 1 N–H and O–H groups in total. The summed E-state index contributed by atoms with van der Waals surface area (Å²) in [5.74, 6) is 1.15. The van der Waals surface area contributed by atoms with Crippen LogP contribution in [0.1, 0.15) is 11.1 Å². The number of para-hydroxylation sites is 1. The van der Waals surface area contributed by atoms with Gasteiger partial charge in [-0.2, -0.15) is 9.41 Å². The summed E-state index contributed by atoms with van der Waals surface area (Å²) in [5, 5.41) is 4.04. The zero-order valence-electron chi connectivity index (χ0n) is 19.5. The van der Waals surface area contributed by atoms with Crippen LogP contribution in [0.4, 0.5) is 0 Å². The Balaban J connectivity index is 1.24. The number of piperazine rings is 1. The topological polar surface area (TPSA) is 91.3 Å². The molecule has 1 amide bonds. The molecule has 0 saturated carbocycles. The zero-order chi connectivity index (χ0) is 24.7. The van der Waals surface area contributed by atoms with Crippen LogP contribution in [0, 0.1) is 6.92 Å². The van der Waals surface area contributed by atoms with Crippen molar-refractivity contribution in [3.8, 4) is 11.5 Å². The molecule has 0 unspecified atom stereocenters. The van der Waals surface area contributed by atoms with Crippen LogP contribution >= 0.6 is 0 Å². The van der Waals surface area contributed by atoms with Crippen LogP contribution in [0.2, 0.25) is 0 Å². The van der Waals surface area contributed by atoms with E-state index in [0.29, 0.717) is 36.8 Å². The highest BCUT2D eigenvalue weighted by atomic mass is 32.2. The standard InChI is InChI=1S/C26H28N4O4S/c1-21-10-12-25(13-11-21)35(32,33)30-16-14-29(15-17-30)20-26(31)28-27-19-22-6-5-9-24(18-22)34-23-7-3-2-4-8-23/h2-13,18-19H,14-17,20H2,1H3,(H,28,31)/b27-19-. The number of amides is 1. The van der Waals surface area contributed by atoms with E-state index in [1.165, 1.54) is 4.31 Å². The molecule has 35 heavy (non-hydrogen) atoms. The van der Waals surface area contributed by atoms with Crippen LogP contribution in [-0.4, -0.2) is 62.5 Å². The number of hydrazone groups is 1. The first kappa shape index (κ1) is 24.6. The first-order valence-corrected chi connectivity index (χ1v) is 12.8. The highest BCUT2D eigenvalue weighted by Gasteiger charge is 2.28. The van der Waals surface area contributed by atoms with Gasteiger partial charge < -0.3 is 4.74 Å². The lowest BCUT2D eigenvalue weighted by Crippen LogP contribution is -2.50. The van der Waals surface area contributed by atoms with Crippen LogP contribution < -0.4 is 10.2 Å². The predicted molar refractivity (Wildman–Crippen MR) is 135 cm³/mol. The third kappa shape index (κ3) is 6.75. The molecular weight excluding hydrogens is 464 g/mol. The fourth-order valence-electron chi connectivity index (χ4n) is 3.69. The van der Waals surface area contributed by atoms with Crippen molar-refractivity contribution in [1.82, 2.24) is 14.6 Å². The maximum absolute atomic E-state index is 12.8. The number of nitrogens with one attached hydrogen (secondary N) is 1. The number of carbonyl (C=O) groups excluding carboxylic acids is 1. The number of hydrogen-bond acceptors (Lipinski definition) is 6. The second-order valence-corrected chi connectivity index (χ2v) is 10.2. The van der Waals surface area contributed by atoms with Gasteiger partial charge in [-0.1, -0.05) is 48.0 Å². The van der Waals surface area contributed by atoms with Gasteiger partial charge >= 0.3 is 0 Å². The van der Waals surface area contributed by atoms with Gasteiger partial charge in [-0.15, -0.1) is 0 Å².